The molecule has 1 aliphatic rings. The zero-order valence-electron chi connectivity index (χ0n) is 7.97. The Hall–Kier alpha value is -0.690. The Kier molecular flexibility index (Phi) is 3.82. The summed E-state index contributed by atoms with van der Waals surface area (Å²) < 4.78 is 0. The summed E-state index contributed by atoms with van der Waals surface area (Å²) in [5.41, 5.74) is 0. The molecule has 6 heteroatoms. The fourth-order valence-corrected chi connectivity index (χ4v) is 1.54. The molecule has 5 N–H and O–H groups in total. The molecule has 1 fully saturated rings. The van der Waals surface area contributed by atoms with Crippen molar-refractivity contribution in [2.45, 2.75) is 31.2 Å². The van der Waals surface area contributed by atoms with E-state index in [-0.39, 0.29) is 19.1 Å². The van der Waals surface area contributed by atoms with Crippen LogP contribution in [0.2, 0.25) is 0 Å². The summed E-state index contributed by atoms with van der Waals surface area (Å²) in [7, 11) is 0. The van der Waals surface area contributed by atoms with E-state index in [1.165, 1.54) is 6.92 Å². The smallest absolute Gasteiger partial charge is 0.216 e. The summed E-state index contributed by atoms with van der Waals surface area (Å²) in [5.74, 6) is -0.194. The number of hydrogen-bond donors (Lipinski definition) is 5. The maximum atomic E-state index is 10.6. The molecule has 1 aliphatic heterocycles. The lowest BCUT2D eigenvalue weighted by molar-refractivity contribution is -0.119. The van der Waals surface area contributed by atoms with Crippen LogP contribution in [0.25, 0.3) is 0 Å². The second kappa shape index (κ2) is 4.70. The Bertz CT molecular complexity index is 212. The van der Waals surface area contributed by atoms with E-state index < -0.39 is 24.3 Å². The molecule has 0 aliphatic carbocycles. The third-order valence-corrected chi connectivity index (χ3v) is 2.37. The largest absolute Gasteiger partial charge is 0.395 e. The molecule has 6 nitrogen and oxygen atoms in total. The molecule has 0 aromatic rings. The van der Waals surface area contributed by atoms with E-state index in [0.717, 1.165) is 0 Å². The number of amides is 1. The van der Waals surface area contributed by atoms with Crippen molar-refractivity contribution in [3.8, 4) is 0 Å². The molecule has 4 atom stereocenters. The van der Waals surface area contributed by atoms with Crippen molar-refractivity contribution < 1.29 is 20.1 Å². The quantitative estimate of drug-likeness (QED) is 0.341. The maximum Gasteiger partial charge on any atom is 0.216 e. The van der Waals surface area contributed by atoms with Crippen LogP contribution >= 0.6 is 0 Å². The van der Waals surface area contributed by atoms with Gasteiger partial charge in [-0.3, -0.25) is 4.79 Å². The fraction of sp³-hybridized carbons (Fsp3) is 0.875. The van der Waals surface area contributed by atoms with Gasteiger partial charge in [-0.15, -0.1) is 0 Å². The molecule has 0 aromatic heterocycles. The average Bonchev–Trinajstić information content (AvgIpc) is 2.41. The second-order valence-corrected chi connectivity index (χ2v) is 3.48. The predicted octanol–water partition coefficient (Wildman–Crippen LogP) is -2.82. The van der Waals surface area contributed by atoms with E-state index in [2.05, 4.69) is 10.6 Å². The standard InChI is InChI=1S/C8H16N2O4/c1-4(12)9-2-5-7(13)8(14)6(3-11)10-5/h5-8,10-11,13-14H,2-3H2,1H3,(H,9,12)/t5-,6+,7+,8-/m1/s1. The molecule has 14 heavy (non-hydrogen) atoms. The molecule has 0 bridgehead atoms. The van der Waals surface area contributed by atoms with Gasteiger partial charge in [0.05, 0.1) is 30.9 Å². The normalized spacial score (nSPS) is 37.1. The first-order chi connectivity index (χ1) is 6.56. The van der Waals surface area contributed by atoms with Crippen LogP contribution in [-0.4, -0.2) is 58.7 Å². The third kappa shape index (κ3) is 2.42. The van der Waals surface area contributed by atoms with Gasteiger partial charge in [-0.2, -0.15) is 0 Å². The minimum Gasteiger partial charge on any atom is -0.395 e. The Morgan fingerprint density at radius 1 is 1.36 bits per heavy atom. The molecule has 82 valence electrons. The highest BCUT2D eigenvalue weighted by atomic mass is 16.3. The zero-order valence-corrected chi connectivity index (χ0v) is 7.97. The van der Waals surface area contributed by atoms with E-state index in [1.807, 2.05) is 0 Å². The van der Waals surface area contributed by atoms with Gasteiger partial charge in [-0.1, -0.05) is 0 Å². The van der Waals surface area contributed by atoms with E-state index in [4.69, 9.17) is 5.11 Å². The number of rotatable bonds is 3. The molecule has 1 amide bonds. The monoisotopic (exact) mass is 204 g/mol. The first-order valence-electron chi connectivity index (χ1n) is 4.53. The molecule has 0 saturated carbocycles. The van der Waals surface area contributed by atoms with Gasteiger partial charge in [-0.25, -0.2) is 0 Å². The van der Waals surface area contributed by atoms with Crippen LogP contribution in [0.15, 0.2) is 0 Å². The van der Waals surface area contributed by atoms with Crippen LogP contribution in [-0.2, 0) is 4.79 Å². The highest BCUT2D eigenvalue weighted by molar-refractivity contribution is 5.72. The number of carbonyl (C=O) groups is 1. The van der Waals surface area contributed by atoms with Crippen molar-refractivity contribution in [1.82, 2.24) is 10.6 Å². The van der Waals surface area contributed by atoms with E-state index in [9.17, 15) is 15.0 Å². The molecular formula is C8H16N2O4. The Morgan fingerprint density at radius 3 is 2.36 bits per heavy atom. The average molecular weight is 204 g/mol. The van der Waals surface area contributed by atoms with Crippen LogP contribution in [0.3, 0.4) is 0 Å². The van der Waals surface area contributed by atoms with Crippen molar-refractivity contribution in [2.24, 2.45) is 0 Å². The summed E-state index contributed by atoms with van der Waals surface area (Å²) in [6, 6.07) is -0.935. The number of aliphatic hydroxyl groups is 3. The highest BCUT2D eigenvalue weighted by Crippen LogP contribution is 2.13. The van der Waals surface area contributed by atoms with Crippen molar-refractivity contribution >= 4 is 5.91 Å². The number of aliphatic hydroxyl groups excluding tert-OH is 3. The summed E-state index contributed by atoms with van der Waals surface area (Å²) in [4.78, 5) is 10.6. The topological polar surface area (TPSA) is 102 Å². The number of nitrogens with one attached hydrogen (secondary N) is 2. The molecule has 0 spiro atoms. The van der Waals surface area contributed by atoms with E-state index in [0.29, 0.717) is 0 Å². The molecule has 0 unspecified atom stereocenters. The Morgan fingerprint density at radius 2 is 1.93 bits per heavy atom. The van der Waals surface area contributed by atoms with Gasteiger partial charge in [0.15, 0.2) is 0 Å². The molecule has 1 rings (SSSR count). The van der Waals surface area contributed by atoms with Crippen molar-refractivity contribution in [3.63, 3.8) is 0 Å². The van der Waals surface area contributed by atoms with Crippen molar-refractivity contribution in [1.29, 1.82) is 0 Å². The summed E-state index contributed by atoms with van der Waals surface area (Å²) in [6.45, 7) is 1.38. The Balaban J connectivity index is 2.44. The lowest BCUT2D eigenvalue weighted by Gasteiger charge is -2.15. The Labute approximate surface area is 81.9 Å². The molecular weight excluding hydrogens is 188 g/mol. The summed E-state index contributed by atoms with van der Waals surface area (Å²) >= 11 is 0. The van der Waals surface area contributed by atoms with Gasteiger partial charge in [0.1, 0.15) is 0 Å². The SMILES string of the molecule is CC(=O)NC[C@H]1N[C@@H](CO)[C@@H](O)[C@H]1O. The van der Waals surface area contributed by atoms with Crippen molar-refractivity contribution in [3.05, 3.63) is 0 Å². The van der Waals surface area contributed by atoms with Gasteiger partial charge < -0.3 is 26.0 Å². The number of hydrogen-bond acceptors (Lipinski definition) is 5. The fourth-order valence-electron chi connectivity index (χ4n) is 1.54. The van der Waals surface area contributed by atoms with Crippen molar-refractivity contribution in [2.75, 3.05) is 13.2 Å². The van der Waals surface area contributed by atoms with Gasteiger partial charge in [0, 0.05) is 13.5 Å². The van der Waals surface area contributed by atoms with Gasteiger partial charge in [0.2, 0.25) is 5.91 Å². The molecule has 1 heterocycles. The maximum absolute atomic E-state index is 10.6. The van der Waals surface area contributed by atoms with Crippen LogP contribution in [0, 0.1) is 0 Å². The third-order valence-electron chi connectivity index (χ3n) is 2.37. The van der Waals surface area contributed by atoms with Gasteiger partial charge in [0.25, 0.3) is 0 Å². The van der Waals surface area contributed by atoms with Gasteiger partial charge in [-0.05, 0) is 0 Å². The van der Waals surface area contributed by atoms with E-state index >= 15 is 0 Å². The highest BCUT2D eigenvalue weighted by Gasteiger charge is 2.40. The van der Waals surface area contributed by atoms with Crippen LogP contribution in [0.1, 0.15) is 6.92 Å². The molecule has 0 radical (unpaired) electrons. The minimum absolute atomic E-state index is 0.194. The molecule has 0 aromatic carbocycles. The first kappa shape index (κ1) is 11.4. The number of carbonyl (C=O) groups excluding carboxylic acids is 1. The first-order valence-corrected chi connectivity index (χ1v) is 4.53. The van der Waals surface area contributed by atoms with Crippen LogP contribution in [0.5, 0.6) is 0 Å². The zero-order chi connectivity index (χ0) is 10.7. The lowest BCUT2D eigenvalue weighted by atomic mass is 10.1. The molecule has 1 saturated heterocycles. The van der Waals surface area contributed by atoms with Gasteiger partial charge >= 0.3 is 0 Å². The van der Waals surface area contributed by atoms with E-state index in [1.54, 1.807) is 0 Å². The second-order valence-electron chi connectivity index (χ2n) is 3.48. The minimum atomic E-state index is -0.987. The predicted molar refractivity (Wildman–Crippen MR) is 48.5 cm³/mol. The lowest BCUT2D eigenvalue weighted by Crippen LogP contribution is -2.43. The summed E-state index contributed by atoms with van der Waals surface area (Å²) in [5, 5.41) is 33.1. The van der Waals surface area contributed by atoms with Crippen LogP contribution in [0.4, 0.5) is 0 Å². The van der Waals surface area contributed by atoms with Crippen LogP contribution < -0.4 is 10.6 Å². The summed E-state index contributed by atoms with van der Waals surface area (Å²) in [6.07, 6.45) is -1.95.